The van der Waals surface area contributed by atoms with Crippen molar-refractivity contribution in [2.24, 2.45) is 5.41 Å². The molecule has 0 saturated heterocycles. The molecule has 0 bridgehead atoms. The molecule has 0 amide bonds. The first-order chi connectivity index (χ1) is 12.1. The average Bonchev–Trinajstić information content (AvgIpc) is 2.64. The molecule has 0 unspecified atom stereocenters. The van der Waals surface area contributed by atoms with Crippen LogP contribution in [0.5, 0.6) is 0 Å². The van der Waals surface area contributed by atoms with Gasteiger partial charge in [0.15, 0.2) is 5.41 Å². The monoisotopic (exact) mass is 340 g/mol. The Balaban J connectivity index is 2.65. The Hall–Kier alpha value is -2.62. The third kappa shape index (κ3) is 3.90. The minimum atomic E-state index is -1.48. The zero-order valence-electron chi connectivity index (χ0n) is 14.9. The van der Waals surface area contributed by atoms with Crippen molar-refractivity contribution in [1.82, 2.24) is 0 Å². The molecule has 0 aromatic heterocycles. The fraction of sp³-hybridized carbons (Fsp3) is 0.333. The Kier molecular flexibility index (Phi) is 6.34. The minimum Gasteiger partial charge on any atom is -0.465 e. The van der Waals surface area contributed by atoms with Gasteiger partial charge in [0.25, 0.3) is 0 Å². The van der Waals surface area contributed by atoms with Gasteiger partial charge in [-0.3, -0.25) is 9.59 Å². The van der Waals surface area contributed by atoms with E-state index in [-0.39, 0.29) is 13.2 Å². The van der Waals surface area contributed by atoms with Gasteiger partial charge < -0.3 is 9.47 Å². The Bertz CT molecular complexity index is 637. The van der Waals surface area contributed by atoms with Crippen molar-refractivity contribution in [3.05, 3.63) is 71.8 Å². The molecule has 0 spiro atoms. The molecule has 2 aromatic rings. The van der Waals surface area contributed by atoms with Crippen LogP contribution < -0.4 is 0 Å². The summed E-state index contributed by atoms with van der Waals surface area (Å²) in [5.74, 6) is -1.66. The van der Waals surface area contributed by atoms with Crippen LogP contribution in [0.25, 0.3) is 0 Å². The SMILES string of the molecule is CCOC(=O)C(C)(C(=O)OCC)C(c1ccccc1)c1ccccc1. The second-order valence-electron chi connectivity index (χ2n) is 5.90. The highest BCUT2D eigenvalue weighted by atomic mass is 16.6. The van der Waals surface area contributed by atoms with Gasteiger partial charge in [-0.15, -0.1) is 0 Å². The average molecular weight is 340 g/mol. The number of ether oxygens (including phenoxy) is 2. The summed E-state index contributed by atoms with van der Waals surface area (Å²) in [6.07, 6.45) is 0. The van der Waals surface area contributed by atoms with E-state index < -0.39 is 23.3 Å². The first-order valence-electron chi connectivity index (χ1n) is 8.50. The third-order valence-electron chi connectivity index (χ3n) is 4.24. The highest BCUT2D eigenvalue weighted by Gasteiger charge is 2.52. The van der Waals surface area contributed by atoms with E-state index in [9.17, 15) is 9.59 Å². The Morgan fingerprint density at radius 2 is 1.16 bits per heavy atom. The lowest BCUT2D eigenvalue weighted by Crippen LogP contribution is -2.45. The van der Waals surface area contributed by atoms with Gasteiger partial charge in [-0.1, -0.05) is 60.7 Å². The molecule has 132 valence electrons. The largest absolute Gasteiger partial charge is 0.465 e. The predicted molar refractivity (Wildman–Crippen MR) is 96.1 cm³/mol. The quantitative estimate of drug-likeness (QED) is 0.566. The van der Waals surface area contributed by atoms with Crippen molar-refractivity contribution >= 4 is 11.9 Å². The summed E-state index contributed by atoms with van der Waals surface area (Å²) in [4.78, 5) is 25.7. The summed E-state index contributed by atoms with van der Waals surface area (Å²) in [6.45, 7) is 5.45. The van der Waals surface area contributed by atoms with Gasteiger partial charge in [-0.25, -0.2) is 0 Å². The third-order valence-corrected chi connectivity index (χ3v) is 4.24. The van der Waals surface area contributed by atoms with Crippen LogP contribution in [0, 0.1) is 5.41 Å². The molecule has 25 heavy (non-hydrogen) atoms. The minimum absolute atomic E-state index is 0.199. The van der Waals surface area contributed by atoms with Crippen LogP contribution in [0.1, 0.15) is 37.8 Å². The molecule has 0 aliphatic heterocycles. The molecule has 0 N–H and O–H groups in total. The zero-order chi connectivity index (χ0) is 18.3. The van der Waals surface area contributed by atoms with Crippen molar-refractivity contribution in [2.45, 2.75) is 26.7 Å². The highest BCUT2D eigenvalue weighted by molar-refractivity contribution is 6.01. The van der Waals surface area contributed by atoms with Gasteiger partial charge in [-0.2, -0.15) is 0 Å². The molecule has 0 radical (unpaired) electrons. The summed E-state index contributed by atoms with van der Waals surface area (Å²) >= 11 is 0. The molecule has 0 fully saturated rings. The van der Waals surface area contributed by atoms with Crippen LogP contribution in [0.4, 0.5) is 0 Å². The van der Waals surface area contributed by atoms with Crippen LogP contribution in [-0.2, 0) is 19.1 Å². The fourth-order valence-corrected chi connectivity index (χ4v) is 3.03. The maximum atomic E-state index is 12.8. The number of carbonyl (C=O) groups excluding carboxylic acids is 2. The molecule has 0 atom stereocenters. The first-order valence-corrected chi connectivity index (χ1v) is 8.50. The summed E-state index contributed by atoms with van der Waals surface area (Å²) in [7, 11) is 0. The topological polar surface area (TPSA) is 52.6 Å². The number of hydrogen-bond donors (Lipinski definition) is 0. The summed E-state index contributed by atoms with van der Waals surface area (Å²) in [5.41, 5.74) is 0.240. The molecule has 2 rings (SSSR count). The van der Waals surface area contributed by atoms with Crippen molar-refractivity contribution in [1.29, 1.82) is 0 Å². The van der Waals surface area contributed by atoms with E-state index in [1.54, 1.807) is 20.8 Å². The highest BCUT2D eigenvalue weighted by Crippen LogP contribution is 2.43. The Morgan fingerprint density at radius 3 is 1.48 bits per heavy atom. The molecule has 0 aliphatic rings. The fourth-order valence-electron chi connectivity index (χ4n) is 3.03. The number of benzene rings is 2. The summed E-state index contributed by atoms with van der Waals surface area (Å²) < 4.78 is 10.5. The second kappa shape index (κ2) is 8.47. The first kappa shape index (κ1) is 18.7. The number of rotatable bonds is 7. The maximum absolute atomic E-state index is 12.8. The van der Waals surface area contributed by atoms with E-state index in [2.05, 4.69) is 0 Å². The smallest absolute Gasteiger partial charge is 0.324 e. The molecule has 0 heterocycles. The van der Waals surface area contributed by atoms with Gasteiger partial charge in [0.1, 0.15) is 0 Å². The van der Waals surface area contributed by atoms with Crippen LogP contribution in [-0.4, -0.2) is 25.2 Å². The lowest BCUT2D eigenvalue weighted by Gasteiger charge is -2.34. The summed E-state index contributed by atoms with van der Waals surface area (Å²) in [6, 6.07) is 19.0. The van der Waals surface area contributed by atoms with E-state index >= 15 is 0 Å². The second-order valence-corrected chi connectivity index (χ2v) is 5.90. The molecule has 2 aromatic carbocycles. The number of carbonyl (C=O) groups is 2. The number of esters is 2. The lowest BCUT2D eigenvalue weighted by molar-refractivity contribution is -0.171. The van der Waals surface area contributed by atoms with E-state index in [0.717, 1.165) is 11.1 Å². The molecule has 0 aliphatic carbocycles. The van der Waals surface area contributed by atoms with Crippen LogP contribution in [0.3, 0.4) is 0 Å². The van der Waals surface area contributed by atoms with E-state index in [0.29, 0.717) is 0 Å². The molecule has 0 saturated carbocycles. The zero-order valence-corrected chi connectivity index (χ0v) is 14.9. The Morgan fingerprint density at radius 1 is 0.800 bits per heavy atom. The molecular weight excluding hydrogens is 316 g/mol. The standard InChI is InChI=1S/C21H24O4/c1-4-24-19(22)21(3,20(23)25-5-2)18(16-12-8-6-9-13-16)17-14-10-7-11-15-17/h6-15,18H,4-5H2,1-3H3. The molecular formula is C21H24O4. The van der Waals surface area contributed by atoms with Gasteiger partial charge >= 0.3 is 11.9 Å². The Labute approximate surface area is 148 Å². The number of hydrogen-bond acceptors (Lipinski definition) is 4. The maximum Gasteiger partial charge on any atom is 0.324 e. The summed E-state index contributed by atoms with van der Waals surface area (Å²) in [5, 5.41) is 0. The van der Waals surface area contributed by atoms with Gasteiger partial charge in [0, 0.05) is 5.92 Å². The van der Waals surface area contributed by atoms with Crippen molar-refractivity contribution in [3.8, 4) is 0 Å². The van der Waals surface area contributed by atoms with Crippen molar-refractivity contribution < 1.29 is 19.1 Å². The lowest BCUT2D eigenvalue weighted by atomic mass is 9.69. The predicted octanol–water partition coefficient (Wildman–Crippen LogP) is 3.95. The van der Waals surface area contributed by atoms with E-state index in [4.69, 9.17) is 9.47 Å². The van der Waals surface area contributed by atoms with E-state index in [1.807, 2.05) is 60.7 Å². The molecule has 4 heteroatoms. The van der Waals surface area contributed by atoms with Gasteiger partial charge in [-0.05, 0) is 31.9 Å². The van der Waals surface area contributed by atoms with Gasteiger partial charge in [0.2, 0.25) is 0 Å². The van der Waals surface area contributed by atoms with Crippen LogP contribution in [0.15, 0.2) is 60.7 Å². The van der Waals surface area contributed by atoms with Gasteiger partial charge in [0.05, 0.1) is 13.2 Å². The molecule has 4 nitrogen and oxygen atoms in total. The normalized spacial score (nSPS) is 11.2. The van der Waals surface area contributed by atoms with E-state index in [1.165, 1.54) is 0 Å². The van der Waals surface area contributed by atoms with Crippen molar-refractivity contribution in [3.63, 3.8) is 0 Å². The van der Waals surface area contributed by atoms with Crippen molar-refractivity contribution in [2.75, 3.05) is 13.2 Å². The van der Waals surface area contributed by atoms with Crippen LogP contribution in [0.2, 0.25) is 0 Å². The van der Waals surface area contributed by atoms with Crippen LogP contribution >= 0.6 is 0 Å².